The Balaban J connectivity index is -0.000000653. The van der Waals surface area contributed by atoms with Gasteiger partial charge in [-0.25, -0.2) is 0 Å². The lowest BCUT2D eigenvalue weighted by Crippen LogP contribution is -2.55. The molecule has 5 atom stereocenters. The van der Waals surface area contributed by atoms with Crippen molar-refractivity contribution in [2.24, 2.45) is 5.92 Å². The quantitative estimate of drug-likeness (QED) is 0.794. The van der Waals surface area contributed by atoms with E-state index in [2.05, 4.69) is 0 Å². The molecule has 0 aromatic heterocycles. The smallest absolute Gasteiger partial charge is 0.186 e. The SMILES string of the molecule is C.C.C.COC1OC(CO)C(C)C(O)C1OC. The van der Waals surface area contributed by atoms with Crippen molar-refractivity contribution >= 4 is 0 Å². The second kappa shape index (κ2) is 9.79. The first-order valence-corrected chi connectivity index (χ1v) is 4.65. The number of ether oxygens (including phenoxy) is 3. The molecule has 0 saturated carbocycles. The summed E-state index contributed by atoms with van der Waals surface area (Å²) in [7, 11) is 2.98. The van der Waals surface area contributed by atoms with Crippen LogP contribution >= 0.6 is 0 Å². The standard InChI is InChI=1S/C9H18O5.3CH4/c1-5-6(4-10)14-9(13-3)8(12-2)7(5)11;;;/h5-11H,4H2,1-3H3;3*1H4. The van der Waals surface area contributed by atoms with Gasteiger partial charge in [-0.3, -0.25) is 0 Å². The van der Waals surface area contributed by atoms with Gasteiger partial charge >= 0.3 is 0 Å². The number of aliphatic hydroxyl groups is 2. The third-order valence-corrected chi connectivity index (χ3v) is 2.72. The molecule has 5 nitrogen and oxygen atoms in total. The maximum Gasteiger partial charge on any atom is 0.186 e. The molecule has 0 aromatic rings. The molecule has 0 bridgehead atoms. The molecule has 1 aliphatic rings. The van der Waals surface area contributed by atoms with Gasteiger partial charge in [0.2, 0.25) is 0 Å². The summed E-state index contributed by atoms with van der Waals surface area (Å²) in [6.07, 6.45) is -2.21. The second-order valence-corrected chi connectivity index (χ2v) is 3.51. The summed E-state index contributed by atoms with van der Waals surface area (Å²) in [5.74, 6) is -0.170. The Hall–Kier alpha value is -0.200. The molecule has 0 spiro atoms. The van der Waals surface area contributed by atoms with Crippen molar-refractivity contribution < 1.29 is 24.4 Å². The van der Waals surface area contributed by atoms with Gasteiger partial charge in [0.25, 0.3) is 0 Å². The van der Waals surface area contributed by atoms with Crippen LogP contribution in [0.25, 0.3) is 0 Å². The van der Waals surface area contributed by atoms with Crippen molar-refractivity contribution in [2.75, 3.05) is 20.8 Å². The Morgan fingerprint density at radius 1 is 1.12 bits per heavy atom. The van der Waals surface area contributed by atoms with Crippen LogP contribution in [0.15, 0.2) is 0 Å². The predicted octanol–water partition coefficient (Wildman–Crippen LogP) is 1.27. The molecule has 17 heavy (non-hydrogen) atoms. The van der Waals surface area contributed by atoms with Crippen LogP contribution in [0.5, 0.6) is 0 Å². The molecule has 1 heterocycles. The highest BCUT2D eigenvalue weighted by atomic mass is 16.7. The van der Waals surface area contributed by atoms with Gasteiger partial charge in [-0.15, -0.1) is 0 Å². The van der Waals surface area contributed by atoms with Gasteiger partial charge < -0.3 is 24.4 Å². The van der Waals surface area contributed by atoms with E-state index < -0.39 is 24.6 Å². The second-order valence-electron chi connectivity index (χ2n) is 3.51. The molecular weight excluding hydrogens is 224 g/mol. The van der Waals surface area contributed by atoms with Gasteiger partial charge in [-0.1, -0.05) is 29.2 Å². The van der Waals surface area contributed by atoms with Crippen molar-refractivity contribution in [2.45, 2.75) is 53.8 Å². The topological polar surface area (TPSA) is 68.2 Å². The van der Waals surface area contributed by atoms with Crippen molar-refractivity contribution in [3.63, 3.8) is 0 Å². The molecule has 108 valence electrons. The van der Waals surface area contributed by atoms with Crippen molar-refractivity contribution in [1.29, 1.82) is 0 Å². The van der Waals surface area contributed by atoms with Crippen LogP contribution in [0, 0.1) is 5.92 Å². The van der Waals surface area contributed by atoms with E-state index in [4.69, 9.17) is 19.3 Å². The fraction of sp³-hybridized carbons (Fsp3) is 1.00. The summed E-state index contributed by atoms with van der Waals surface area (Å²) >= 11 is 0. The first-order valence-electron chi connectivity index (χ1n) is 4.65. The van der Waals surface area contributed by atoms with Crippen LogP contribution < -0.4 is 0 Å². The van der Waals surface area contributed by atoms with Crippen LogP contribution in [0.2, 0.25) is 0 Å². The van der Waals surface area contributed by atoms with E-state index in [1.807, 2.05) is 6.92 Å². The summed E-state index contributed by atoms with van der Waals surface area (Å²) in [6.45, 7) is 1.68. The third-order valence-electron chi connectivity index (χ3n) is 2.72. The first-order chi connectivity index (χ1) is 6.65. The molecule has 5 heteroatoms. The number of aliphatic hydroxyl groups excluding tert-OH is 2. The maximum absolute atomic E-state index is 9.84. The summed E-state index contributed by atoms with van der Waals surface area (Å²) in [5, 5.41) is 18.9. The number of hydrogen-bond acceptors (Lipinski definition) is 5. The van der Waals surface area contributed by atoms with Gasteiger partial charge in [-0.2, -0.15) is 0 Å². The molecule has 1 fully saturated rings. The van der Waals surface area contributed by atoms with E-state index in [0.717, 1.165) is 0 Å². The fourth-order valence-electron chi connectivity index (χ4n) is 1.70. The molecule has 0 radical (unpaired) electrons. The lowest BCUT2D eigenvalue weighted by Gasteiger charge is -2.41. The Bertz CT molecular complexity index is 174. The zero-order chi connectivity index (χ0) is 10.7. The highest BCUT2D eigenvalue weighted by molar-refractivity contribution is 4.87. The van der Waals surface area contributed by atoms with E-state index in [1.54, 1.807) is 0 Å². The zero-order valence-corrected chi connectivity index (χ0v) is 8.71. The summed E-state index contributed by atoms with van der Waals surface area (Å²) in [4.78, 5) is 0. The van der Waals surface area contributed by atoms with Gasteiger partial charge in [0, 0.05) is 20.1 Å². The molecule has 0 aliphatic carbocycles. The van der Waals surface area contributed by atoms with Crippen molar-refractivity contribution in [1.82, 2.24) is 0 Å². The van der Waals surface area contributed by atoms with Gasteiger partial charge in [-0.05, 0) is 0 Å². The van der Waals surface area contributed by atoms with Crippen LogP contribution in [0.1, 0.15) is 29.2 Å². The zero-order valence-electron chi connectivity index (χ0n) is 8.71. The highest BCUT2D eigenvalue weighted by Gasteiger charge is 2.43. The van der Waals surface area contributed by atoms with Crippen LogP contribution in [0.4, 0.5) is 0 Å². The van der Waals surface area contributed by atoms with E-state index in [0.29, 0.717) is 0 Å². The van der Waals surface area contributed by atoms with E-state index in [-0.39, 0.29) is 34.8 Å². The Morgan fingerprint density at radius 3 is 2.00 bits per heavy atom. The molecular formula is C12H30O5. The minimum Gasteiger partial charge on any atom is -0.394 e. The monoisotopic (exact) mass is 254 g/mol. The minimum atomic E-state index is -0.684. The summed E-state index contributed by atoms with van der Waals surface area (Å²) < 4.78 is 15.5. The first kappa shape index (κ1) is 22.0. The fourth-order valence-corrected chi connectivity index (χ4v) is 1.70. The maximum atomic E-state index is 9.84. The van der Waals surface area contributed by atoms with Crippen LogP contribution in [0.3, 0.4) is 0 Å². The van der Waals surface area contributed by atoms with Gasteiger partial charge in [0.05, 0.1) is 18.8 Å². The lowest BCUT2D eigenvalue weighted by atomic mass is 9.91. The third kappa shape index (κ3) is 4.52. The molecule has 1 aliphatic heterocycles. The lowest BCUT2D eigenvalue weighted by molar-refractivity contribution is -0.285. The minimum absolute atomic E-state index is 0. The molecule has 5 unspecified atom stereocenters. The average Bonchev–Trinajstić information content (AvgIpc) is 2.21. The van der Waals surface area contributed by atoms with Crippen LogP contribution in [-0.2, 0) is 14.2 Å². The normalized spacial score (nSPS) is 36.2. The average molecular weight is 254 g/mol. The number of hydrogen-bond donors (Lipinski definition) is 2. The van der Waals surface area contributed by atoms with Crippen LogP contribution in [-0.4, -0.2) is 55.6 Å². The highest BCUT2D eigenvalue weighted by Crippen LogP contribution is 2.27. The van der Waals surface area contributed by atoms with Gasteiger partial charge in [0.15, 0.2) is 6.29 Å². The number of rotatable bonds is 3. The Kier molecular flexibility index (Phi) is 12.7. The molecule has 1 rings (SSSR count). The van der Waals surface area contributed by atoms with Crippen molar-refractivity contribution in [3.05, 3.63) is 0 Å². The summed E-state index contributed by atoms with van der Waals surface area (Å²) in [6, 6.07) is 0. The Morgan fingerprint density at radius 2 is 1.65 bits per heavy atom. The molecule has 0 amide bonds. The van der Waals surface area contributed by atoms with Crippen molar-refractivity contribution in [3.8, 4) is 0 Å². The number of methoxy groups -OCH3 is 2. The summed E-state index contributed by atoms with van der Waals surface area (Å²) in [5.41, 5.74) is 0. The molecule has 0 aromatic carbocycles. The largest absolute Gasteiger partial charge is 0.394 e. The molecule has 2 N–H and O–H groups in total. The predicted molar refractivity (Wildman–Crippen MR) is 68.9 cm³/mol. The van der Waals surface area contributed by atoms with E-state index in [9.17, 15) is 5.11 Å². The van der Waals surface area contributed by atoms with E-state index >= 15 is 0 Å². The molecule has 1 saturated heterocycles. The van der Waals surface area contributed by atoms with E-state index in [1.165, 1.54) is 14.2 Å². The Labute approximate surface area is 106 Å². The van der Waals surface area contributed by atoms with Gasteiger partial charge in [0.1, 0.15) is 6.10 Å².